The minimum atomic E-state index is 0.0284. The predicted molar refractivity (Wildman–Crippen MR) is 85.3 cm³/mol. The molecule has 1 aliphatic heterocycles. The van der Waals surface area contributed by atoms with Gasteiger partial charge in [-0.05, 0) is 51.7 Å². The summed E-state index contributed by atoms with van der Waals surface area (Å²) in [5.74, 6) is 0.729. The first-order valence-corrected chi connectivity index (χ1v) is 7.95. The van der Waals surface area contributed by atoms with Gasteiger partial charge in [0, 0.05) is 17.5 Å². The molecule has 4 nitrogen and oxygen atoms in total. The number of carbonyl (C=O) groups is 1. The molecule has 0 fully saturated rings. The molecule has 0 radical (unpaired) electrons. The largest absolute Gasteiger partial charge is 0.324 e. The fraction of sp³-hybridized carbons (Fsp3) is 0.533. The van der Waals surface area contributed by atoms with Gasteiger partial charge in [0.05, 0.1) is 11.4 Å². The van der Waals surface area contributed by atoms with Crippen molar-refractivity contribution in [2.75, 3.05) is 37.8 Å². The number of fused-ring (bicyclic) bond motifs is 1. The third kappa shape index (κ3) is 3.53. The van der Waals surface area contributed by atoms with Crippen LogP contribution >= 0.6 is 11.8 Å². The summed E-state index contributed by atoms with van der Waals surface area (Å²) in [6, 6.07) is 6.21. The highest BCUT2D eigenvalue weighted by atomic mass is 32.2. The number of hydrogen-bond donors (Lipinski definition) is 1. The van der Waals surface area contributed by atoms with Crippen molar-refractivity contribution in [3.8, 4) is 0 Å². The number of nitrogens with zero attached hydrogens (tertiary/aromatic N) is 2. The van der Waals surface area contributed by atoms with E-state index >= 15 is 0 Å². The summed E-state index contributed by atoms with van der Waals surface area (Å²) in [7, 11) is 4.10. The molecular weight excluding hydrogens is 270 g/mol. The first-order chi connectivity index (χ1) is 9.49. The lowest BCUT2D eigenvalue weighted by atomic mass is 10.1. The second kappa shape index (κ2) is 6.61. The van der Waals surface area contributed by atoms with E-state index in [1.54, 1.807) is 11.8 Å². The molecule has 1 unspecified atom stereocenters. The number of amides is 1. The summed E-state index contributed by atoms with van der Waals surface area (Å²) in [5, 5.41) is 0. The molecule has 1 aliphatic rings. The van der Waals surface area contributed by atoms with Gasteiger partial charge in [0.2, 0.25) is 5.91 Å². The molecule has 20 heavy (non-hydrogen) atoms. The van der Waals surface area contributed by atoms with Crippen LogP contribution < -0.4 is 10.6 Å². The summed E-state index contributed by atoms with van der Waals surface area (Å²) in [6.45, 7) is 3.75. The number of rotatable bonds is 5. The Kier molecular flexibility index (Phi) is 5.07. The van der Waals surface area contributed by atoms with E-state index in [1.165, 1.54) is 4.90 Å². The molecular formula is C15H23N3OS. The number of hydrogen-bond acceptors (Lipinski definition) is 4. The minimum Gasteiger partial charge on any atom is -0.324 e. The van der Waals surface area contributed by atoms with Crippen molar-refractivity contribution >= 4 is 23.4 Å². The summed E-state index contributed by atoms with van der Waals surface area (Å²) in [6.07, 6.45) is 0.984. The molecule has 0 saturated heterocycles. The Morgan fingerprint density at radius 2 is 2.20 bits per heavy atom. The van der Waals surface area contributed by atoms with Gasteiger partial charge in [-0.1, -0.05) is 6.07 Å². The normalized spacial score (nSPS) is 16.4. The maximum absolute atomic E-state index is 12.1. The fourth-order valence-corrected chi connectivity index (χ4v) is 3.27. The molecule has 1 aromatic carbocycles. The number of anilines is 1. The van der Waals surface area contributed by atoms with Crippen molar-refractivity contribution in [2.24, 2.45) is 5.73 Å². The lowest BCUT2D eigenvalue weighted by Crippen LogP contribution is -2.37. The Morgan fingerprint density at radius 1 is 1.45 bits per heavy atom. The number of carbonyl (C=O) groups excluding carboxylic acids is 1. The van der Waals surface area contributed by atoms with Crippen molar-refractivity contribution < 1.29 is 4.79 Å². The van der Waals surface area contributed by atoms with Gasteiger partial charge in [0.25, 0.3) is 0 Å². The second-order valence-electron chi connectivity index (χ2n) is 5.51. The highest BCUT2D eigenvalue weighted by molar-refractivity contribution is 8.00. The minimum absolute atomic E-state index is 0.0284. The van der Waals surface area contributed by atoms with Gasteiger partial charge in [-0.25, -0.2) is 0 Å². The molecule has 0 aromatic heterocycles. The highest BCUT2D eigenvalue weighted by Crippen LogP contribution is 2.36. The zero-order chi connectivity index (χ0) is 14.7. The number of nitrogens with two attached hydrogens (primary N) is 1. The van der Waals surface area contributed by atoms with Crippen LogP contribution in [-0.2, 0) is 4.79 Å². The van der Waals surface area contributed by atoms with Crippen LogP contribution in [0.3, 0.4) is 0 Å². The lowest BCUT2D eigenvalue weighted by Gasteiger charge is -2.30. The molecule has 0 bridgehead atoms. The predicted octanol–water partition coefficient (Wildman–Crippen LogP) is 2.10. The third-order valence-corrected chi connectivity index (χ3v) is 4.47. The molecule has 1 amide bonds. The van der Waals surface area contributed by atoms with E-state index in [-0.39, 0.29) is 11.9 Å². The second-order valence-corrected chi connectivity index (χ2v) is 6.52. The molecule has 2 rings (SSSR count). The third-order valence-electron chi connectivity index (χ3n) is 3.44. The van der Waals surface area contributed by atoms with E-state index in [9.17, 15) is 4.79 Å². The maximum Gasteiger partial charge on any atom is 0.237 e. The molecule has 2 N–H and O–H groups in total. The van der Waals surface area contributed by atoms with Gasteiger partial charge in [0.1, 0.15) is 0 Å². The average molecular weight is 293 g/mol. The van der Waals surface area contributed by atoms with Crippen LogP contribution in [-0.4, -0.2) is 43.7 Å². The lowest BCUT2D eigenvalue weighted by molar-refractivity contribution is -0.116. The van der Waals surface area contributed by atoms with Crippen molar-refractivity contribution in [2.45, 2.75) is 24.3 Å². The van der Waals surface area contributed by atoms with Crippen LogP contribution in [0.4, 0.5) is 5.69 Å². The molecule has 110 valence electrons. The summed E-state index contributed by atoms with van der Waals surface area (Å²) >= 11 is 1.61. The van der Waals surface area contributed by atoms with Gasteiger partial charge < -0.3 is 15.5 Å². The van der Waals surface area contributed by atoms with E-state index in [0.29, 0.717) is 5.75 Å². The van der Waals surface area contributed by atoms with Crippen molar-refractivity contribution in [3.05, 3.63) is 23.8 Å². The van der Waals surface area contributed by atoms with Crippen molar-refractivity contribution in [1.82, 2.24) is 4.90 Å². The van der Waals surface area contributed by atoms with E-state index in [2.05, 4.69) is 25.1 Å². The standard InChI is InChI=1S/C15H23N3OS/c1-11(16)12-5-6-13-14(9-12)20-10-15(19)18(13)8-4-7-17(2)3/h5-6,9,11H,4,7-8,10,16H2,1-3H3. The number of thioether (sulfide) groups is 1. The van der Waals surface area contributed by atoms with Gasteiger partial charge >= 0.3 is 0 Å². The quantitative estimate of drug-likeness (QED) is 0.903. The van der Waals surface area contributed by atoms with Crippen LogP contribution in [0.25, 0.3) is 0 Å². The summed E-state index contributed by atoms with van der Waals surface area (Å²) in [4.78, 5) is 17.3. The SMILES string of the molecule is CC(N)c1ccc2c(c1)SCC(=O)N2CCCN(C)C. The monoisotopic (exact) mass is 293 g/mol. The first-order valence-electron chi connectivity index (χ1n) is 6.96. The van der Waals surface area contributed by atoms with E-state index < -0.39 is 0 Å². The highest BCUT2D eigenvalue weighted by Gasteiger charge is 2.24. The molecule has 5 heteroatoms. The van der Waals surface area contributed by atoms with Crippen LogP contribution in [0.5, 0.6) is 0 Å². The first kappa shape index (κ1) is 15.4. The summed E-state index contributed by atoms with van der Waals surface area (Å²) < 4.78 is 0. The Balaban J connectivity index is 2.16. The van der Waals surface area contributed by atoms with Crippen LogP contribution in [0, 0.1) is 0 Å². The Hall–Kier alpha value is -1.04. The molecule has 1 aromatic rings. The topological polar surface area (TPSA) is 49.6 Å². The van der Waals surface area contributed by atoms with Crippen LogP contribution in [0.1, 0.15) is 24.9 Å². The Labute approximate surface area is 125 Å². The van der Waals surface area contributed by atoms with E-state index in [4.69, 9.17) is 5.73 Å². The van der Waals surface area contributed by atoms with Crippen LogP contribution in [0.2, 0.25) is 0 Å². The average Bonchev–Trinajstić information content (AvgIpc) is 2.40. The molecule has 0 spiro atoms. The fourth-order valence-electron chi connectivity index (χ4n) is 2.29. The van der Waals surface area contributed by atoms with Crippen molar-refractivity contribution in [1.29, 1.82) is 0 Å². The van der Waals surface area contributed by atoms with Gasteiger partial charge in [-0.3, -0.25) is 4.79 Å². The Bertz CT molecular complexity index is 488. The Morgan fingerprint density at radius 3 is 2.85 bits per heavy atom. The molecule has 1 atom stereocenters. The summed E-state index contributed by atoms with van der Waals surface area (Å²) in [5.41, 5.74) is 8.09. The molecule has 1 heterocycles. The van der Waals surface area contributed by atoms with E-state index in [0.717, 1.165) is 30.8 Å². The maximum atomic E-state index is 12.1. The van der Waals surface area contributed by atoms with Gasteiger partial charge in [-0.2, -0.15) is 0 Å². The molecule has 0 saturated carbocycles. The zero-order valence-corrected chi connectivity index (χ0v) is 13.2. The smallest absolute Gasteiger partial charge is 0.237 e. The van der Waals surface area contributed by atoms with Crippen LogP contribution in [0.15, 0.2) is 23.1 Å². The van der Waals surface area contributed by atoms with Crippen molar-refractivity contribution in [3.63, 3.8) is 0 Å². The molecule has 0 aliphatic carbocycles. The zero-order valence-electron chi connectivity index (χ0n) is 12.4. The van der Waals surface area contributed by atoms with Gasteiger partial charge in [-0.15, -0.1) is 11.8 Å². The van der Waals surface area contributed by atoms with E-state index in [1.807, 2.05) is 24.0 Å². The van der Waals surface area contributed by atoms with Gasteiger partial charge in [0.15, 0.2) is 0 Å². The number of benzene rings is 1.